The second-order valence-electron chi connectivity index (χ2n) is 5.66. The number of benzene rings is 2. The van der Waals surface area contributed by atoms with Crippen molar-refractivity contribution >= 4 is 27.7 Å². The summed E-state index contributed by atoms with van der Waals surface area (Å²) in [7, 11) is 0. The molecule has 1 aromatic heterocycles. The summed E-state index contributed by atoms with van der Waals surface area (Å²) < 4.78 is 9.04. The smallest absolute Gasteiger partial charge is 0.191 e. The second-order valence-corrected chi connectivity index (χ2v) is 7.52. The fourth-order valence-corrected chi connectivity index (χ4v) is 3.82. The largest absolute Gasteiger partial charge is 0.486 e. The lowest BCUT2D eigenvalue weighted by atomic mass is 10.2. The van der Waals surface area contributed by atoms with Crippen LogP contribution in [0.5, 0.6) is 5.75 Å². The molecule has 4 nitrogen and oxygen atoms in total. The number of aryl methyl sites for hydroxylation is 1. The van der Waals surface area contributed by atoms with Gasteiger partial charge < -0.3 is 9.30 Å². The van der Waals surface area contributed by atoms with E-state index in [4.69, 9.17) is 4.74 Å². The molecule has 2 aromatic carbocycles. The van der Waals surface area contributed by atoms with Crippen LogP contribution in [-0.4, -0.2) is 14.8 Å². The van der Waals surface area contributed by atoms with Crippen molar-refractivity contribution in [3.8, 4) is 5.75 Å². The predicted octanol–water partition coefficient (Wildman–Crippen LogP) is 5.24. The van der Waals surface area contributed by atoms with Crippen LogP contribution in [0.25, 0.3) is 0 Å². The van der Waals surface area contributed by atoms with E-state index in [0.717, 1.165) is 33.5 Å². The van der Waals surface area contributed by atoms with Gasteiger partial charge in [-0.1, -0.05) is 57.5 Å². The van der Waals surface area contributed by atoms with E-state index >= 15 is 0 Å². The minimum atomic E-state index is 0.418. The molecule has 0 saturated heterocycles. The molecule has 0 N–H and O–H groups in total. The van der Waals surface area contributed by atoms with Gasteiger partial charge in [0.05, 0.1) is 0 Å². The number of hydrogen-bond acceptors (Lipinski definition) is 4. The van der Waals surface area contributed by atoms with Gasteiger partial charge >= 0.3 is 0 Å². The molecule has 0 amide bonds. The van der Waals surface area contributed by atoms with Crippen LogP contribution >= 0.6 is 27.7 Å². The van der Waals surface area contributed by atoms with E-state index in [9.17, 15) is 0 Å². The van der Waals surface area contributed by atoms with Crippen LogP contribution in [0.15, 0.2) is 58.2 Å². The summed E-state index contributed by atoms with van der Waals surface area (Å²) in [6, 6.07) is 16.4. The first-order valence-corrected chi connectivity index (χ1v) is 9.92. The molecule has 3 aromatic rings. The number of nitrogens with zero attached hydrogens (tertiary/aromatic N) is 3. The molecule has 0 aliphatic carbocycles. The van der Waals surface area contributed by atoms with Gasteiger partial charge in [-0.3, -0.25) is 0 Å². The highest BCUT2D eigenvalue weighted by molar-refractivity contribution is 9.10. The third-order valence-corrected chi connectivity index (χ3v) is 5.29. The van der Waals surface area contributed by atoms with E-state index in [2.05, 4.69) is 56.7 Å². The highest BCUT2D eigenvalue weighted by Crippen LogP contribution is 2.24. The van der Waals surface area contributed by atoms with Gasteiger partial charge in [-0.15, -0.1) is 10.2 Å². The van der Waals surface area contributed by atoms with Gasteiger partial charge in [0, 0.05) is 16.8 Å². The van der Waals surface area contributed by atoms with Gasteiger partial charge in [-0.05, 0) is 43.7 Å². The lowest BCUT2D eigenvalue weighted by molar-refractivity contribution is 0.288. The molecule has 6 heteroatoms. The Morgan fingerprint density at radius 3 is 2.64 bits per heavy atom. The molecule has 1 heterocycles. The summed E-state index contributed by atoms with van der Waals surface area (Å²) in [6.07, 6.45) is 0. The van der Waals surface area contributed by atoms with Crippen molar-refractivity contribution in [1.29, 1.82) is 0 Å². The van der Waals surface area contributed by atoms with Gasteiger partial charge in [-0.25, -0.2) is 0 Å². The lowest BCUT2D eigenvalue weighted by Gasteiger charge is -2.09. The number of thioether (sulfide) groups is 1. The third-order valence-electron chi connectivity index (χ3n) is 3.76. The fraction of sp³-hybridized carbons (Fsp3) is 0.263. The monoisotopic (exact) mass is 417 g/mol. The standard InChI is InChI=1S/C19H20BrN3OS/c1-3-23-18(12-24-17-9-7-14(2)8-10-17)21-22-19(23)25-13-15-5-4-6-16(20)11-15/h4-11H,3,12-13H2,1-2H3. The summed E-state index contributed by atoms with van der Waals surface area (Å²) >= 11 is 5.20. The molecule has 3 rings (SSSR count). The van der Waals surface area contributed by atoms with Crippen LogP contribution in [0.3, 0.4) is 0 Å². The molecule has 130 valence electrons. The number of hydrogen-bond donors (Lipinski definition) is 0. The minimum Gasteiger partial charge on any atom is -0.486 e. The maximum Gasteiger partial charge on any atom is 0.191 e. The minimum absolute atomic E-state index is 0.418. The van der Waals surface area contributed by atoms with Crippen LogP contribution in [0.2, 0.25) is 0 Å². The SMILES string of the molecule is CCn1c(COc2ccc(C)cc2)nnc1SCc1cccc(Br)c1. The van der Waals surface area contributed by atoms with Crippen LogP contribution in [0, 0.1) is 6.92 Å². The molecular weight excluding hydrogens is 398 g/mol. The molecule has 0 spiro atoms. The van der Waals surface area contributed by atoms with Gasteiger partial charge in [0.25, 0.3) is 0 Å². The summed E-state index contributed by atoms with van der Waals surface area (Å²) in [5.41, 5.74) is 2.47. The highest BCUT2D eigenvalue weighted by atomic mass is 79.9. The summed E-state index contributed by atoms with van der Waals surface area (Å²) in [5, 5.41) is 9.56. The number of rotatable bonds is 7. The van der Waals surface area contributed by atoms with E-state index in [0.29, 0.717) is 6.61 Å². The highest BCUT2D eigenvalue weighted by Gasteiger charge is 2.12. The molecule has 0 radical (unpaired) electrons. The number of halogens is 1. The average Bonchev–Trinajstić information content (AvgIpc) is 3.01. The van der Waals surface area contributed by atoms with Gasteiger partial charge in [-0.2, -0.15) is 0 Å². The molecular formula is C19H20BrN3OS. The van der Waals surface area contributed by atoms with Gasteiger partial charge in [0.15, 0.2) is 11.0 Å². The topological polar surface area (TPSA) is 39.9 Å². The summed E-state index contributed by atoms with van der Waals surface area (Å²) in [6.45, 7) is 5.40. The zero-order chi connectivity index (χ0) is 17.6. The van der Waals surface area contributed by atoms with Crippen molar-refractivity contribution in [2.45, 2.75) is 37.9 Å². The zero-order valence-electron chi connectivity index (χ0n) is 14.3. The molecule has 0 bridgehead atoms. The quantitative estimate of drug-likeness (QED) is 0.492. The Balaban J connectivity index is 1.64. The van der Waals surface area contributed by atoms with Crippen molar-refractivity contribution in [3.05, 3.63) is 70.0 Å². The maximum absolute atomic E-state index is 5.84. The van der Waals surface area contributed by atoms with Crippen LogP contribution < -0.4 is 4.74 Å². The molecule has 0 atom stereocenters. The normalized spacial score (nSPS) is 10.8. The first kappa shape index (κ1) is 18.0. The molecule has 0 aliphatic rings. The average molecular weight is 418 g/mol. The summed E-state index contributed by atoms with van der Waals surface area (Å²) in [4.78, 5) is 0. The van der Waals surface area contributed by atoms with Gasteiger partial charge in [0.2, 0.25) is 0 Å². The van der Waals surface area contributed by atoms with Crippen molar-refractivity contribution in [3.63, 3.8) is 0 Å². The maximum atomic E-state index is 5.84. The Morgan fingerprint density at radius 1 is 1.12 bits per heavy atom. The Morgan fingerprint density at radius 2 is 1.92 bits per heavy atom. The van der Waals surface area contributed by atoms with Crippen LogP contribution in [0.4, 0.5) is 0 Å². The fourth-order valence-electron chi connectivity index (χ4n) is 2.41. The second kappa shape index (κ2) is 8.54. The van der Waals surface area contributed by atoms with Crippen LogP contribution in [0.1, 0.15) is 23.9 Å². The zero-order valence-corrected chi connectivity index (χ0v) is 16.7. The number of aromatic nitrogens is 3. The van der Waals surface area contributed by atoms with Gasteiger partial charge in [0.1, 0.15) is 12.4 Å². The van der Waals surface area contributed by atoms with E-state index in [1.807, 2.05) is 36.4 Å². The molecule has 0 aliphatic heterocycles. The first-order chi connectivity index (χ1) is 12.2. The molecule has 0 saturated carbocycles. The van der Waals surface area contributed by atoms with Crippen LogP contribution in [-0.2, 0) is 18.9 Å². The predicted molar refractivity (Wildman–Crippen MR) is 105 cm³/mol. The van der Waals surface area contributed by atoms with Crippen molar-refractivity contribution < 1.29 is 4.74 Å². The number of ether oxygens (including phenoxy) is 1. The van der Waals surface area contributed by atoms with Crippen molar-refractivity contribution in [1.82, 2.24) is 14.8 Å². The Hall–Kier alpha value is -1.79. The Bertz CT molecular complexity index is 833. The third kappa shape index (κ3) is 4.86. The van der Waals surface area contributed by atoms with E-state index < -0.39 is 0 Å². The Kier molecular flexibility index (Phi) is 6.15. The lowest BCUT2D eigenvalue weighted by Crippen LogP contribution is -2.07. The first-order valence-electron chi connectivity index (χ1n) is 8.14. The summed E-state index contributed by atoms with van der Waals surface area (Å²) in [5.74, 6) is 2.55. The molecule has 0 unspecified atom stereocenters. The van der Waals surface area contributed by atoms with E-state index in [1.165, 1.54) is 11.1 Å². The molecule has 25 heavy (non-hydrogen) atoms. The Labute approximate surface area is 160 Å². The van der Waals surface area contributed by atoms with Crippen molar-refractivity contribution in [2.24, 2.45) is 0 Å². The van der Waals surface area contributed by atoms with Crippen molar-refractivity contribution in [2.75, 3.05) is 0 Å². The van der Waals surface area contributed by atoms with E-state index in [1.54, 1.807) is 11.8 Å². The molecule has 0 fully saturated rings. The van der Waals surface area contributed by atoms with E-state index in [-0.39, 0.29) is 0 Å².